The van der Waals surface area contributed by atoms with E-state index in [1.165, 1.54) is 32.4 Å². The third kappa shape index (κ3) is 4.48. The average Bonchev–Trinajstić information content (AvgIpc) is 2.97. The number of alkyl carbamates (subject to hydrolysis) is 1. The first kappa shape index (κ1) is 16.5. The lowest BCUT2D eigenvalue weighted by atomic mass is 9.94. The van der Waals surface area contributed by atoms with Crippen molar-refractivity contribution in [2.24, 2.45) is 5.92 Å². The first-order chi connectivity index (χ1) is 10.0. The van der Waals surface area contributed by atoms with Crippen molar-refractivity contribution in [2.75, 3.05) is 13.7 Å². The molecule has 1 N–H and O–H groups in total. The van der Waals surface area contributed by atoms with E-state index >= 15 is 0 Å². The third-order valence-corrected chi connectivity index (χ3v) is 2.68. The van der Waals surface area contributed by atoms with Crippen molar-refractivity contribution in [2.45, 2.75) is 13.0 Å². The largest absolute Gasteiger partial charge is 0.467 e. The lowest BCUT2D eigenvalue weighted by molar-refractivity contribution is -0.152. The number of furan rings is 1. The van der Waals surface area contributed by atoms with E-state index in [4.69, 9.17) is 9.15 Å². The first-order valence-corrected chi connectivity index (χ1v) is 6.17. The second kappa shape index (κ2) is 7.88. The van der Waals surface area contributed by atoms with Gasteiger partial charge in [-0.2, -0.15) is 0 Å². The molecule has 0 saturated heterocycles. The molecule has 1 rings (SSSR count). The molecule has 1 aromatic rings. The van der Waals surface area contributed by atoms with Gasteiger partial charge in [-0.3, -0.25) is 9.59 Å². The zero-order chi connectivity index (χ0) is 15.8. The number of hydrogen-bond donors (Lipinski definition) is 1. The summed E-state index contributed by atoms with van der Waals surface area (Å²) in [6.07, 6.45) is 1.96. The van der Waals surface area contributed by atoms with Crippen molar-refractivity contribution in [1.82, 2.24) is 5.32 Å². The fraction of sp³-hybridized carbons (Fsp3) is 0.357. The van der Waals surface area contributed by atoms with Gasteiger partial charge in [-0.25, -0.2) is 4.79 Å². The minimum absolute atomic E-state index is 0.0360. The smallest absolute Gasteiger partial charge is 0.407 e. The van der Waals surface area contributed by atoms with Crippen LogP contribution in [-0.2, 0) is 19.1 Å². The zero-order valence-electron chi connectivity index (χ0n) is 11.8. The number of carbonyl (C=O) groups is 3. The Labute approximate surface area is 121 Å². The van der Waals surface area contributed by atoms with E-state index in [1.54, 1.807) is 6.07 Å². The summed E-state index contributed by atoms with van der Waals surface area (Å²) < 4.78 is 14.6. The van der Waals surface area contributed by atoms with Crippen LogP contribution < -0.4 is 5.32 Å². The van der Waals surface area contributed by atoms with Crippen LogP contribution in [0.25, 0.3) is 0 Å². The van der Waals surface area contributed by atoms with Gasteiger partial charge in [0.05, 0.1) is 13.4 Å². The quantitative estimate of drug-likeness (QED) is 0.466. The highest BCUT2D eigenvalue weighted by atomic mass is 16.5. The molecule has 21 heavy (non-hydrogen) atoms. The van der Waals surface area contributed by atoms with Gasteiger partial charge in [0.25, 0.3) is 0 Å². The maximum Gasteiger partial charge on any atom is 0.407 e. The van der Waals surface area contributed by atoms with Gasteiger partial charge >= 0.3 is 12.1 Å². The predicted octanol–water partition coefficient (Wildman–Crippen LogP) is 1.61. The second-order valence-corrected chi connectivity index (χ2v) is 4.14. The molecule has 0 aliphatic heterocycles. The Hall–Kier alpha value is -2.57. The van der Waals surface area contributed by atoms with Gasteiger partial charge in [0, 0.05) is 0 Å². The van der Waals surface area contributed by atoms with Crippen molar-refractivity contribution in [3.8, 4) is 0 Å². The Morgan fingerprint density at radius 3 is 2.67 bits per heavy atom. The molecule has 0 aliphatic carbocycles. The number of ketones is 1. The topological polar surface area (TPSA) is 94.8 Å². The van der Waals surface area contributed by atoms with E-state index in [-0.39, 0.29) is 12.4 Å². The van der Waals surface area contributed by atoms with Gasteiger partial charge < -0.3 is 19.2 Å². The van der Waals surface area contributed by atoms with Crippen LogP contribution in [0.1, 0.15) is 18.7 Å². The maximum atomic E-state index is 12.0. The Bertz CT molecular complexity index is 508. The maximum absolute atomic E-state index is 12.0. The van der Waals surface area contributed by atoms with Gasteiger partial charge in [-0.05, 0) is 19.1 Å². The second-order valence-electron chi connectivity index (χ2n) is 4.14. The molecule has 0 saturated carbocycles. The number of Topliss-reactive ketones (excluding diaryl/α,β-unsaturated/α-hetero) is 1. The highest BCUT2D eigenvalue weighted by molar-refractivity contribution is 5.99. The number of carbonyl (C=O) groups excluding carboxylic acids is 3. The molecule has 114 valence electrons. The molecule has 1 unspecified atom stereocenters. The number of nitrogens with one attached hydrogen (secondary N) is 1. The molecule has 0 spiro atoms. The molecule has 2 atom stereocenters. The zero-order valence-corrected chi connectivity index (χ0v) is 11.8. The van der Waals surface area contributed by atoms with E-state index in [1.807, 2.05) is 0 Å². The third-order valence-electron chi connectivity index (χ3n) is 2.68. The molecular weight excluding hydrogens is 278 g/mol. The van der Waals surface area contributed by atoms with Crippen molar-refractivity contribution in [3.63, 3.8) is 0 Å². The van der Waals surface area contributed by atoms with Crippen molar-refractivity contribution >= 4 is 17.8 Å². The van der Waals surface area contributed by atoms with E-state index < -0.39 is 29.8 Å². The SMILES string of the molecule is C=CCOC(=O)C(C(C)=O)[C@@H](NC(=O)OC)c1ccco1. The fourth-order valence-electron chi connectivity index (χ4n) is 1.74. The average molecular weight is 295 g/mol. The summed E-state index contributed by atoms with van der Waals surface area (Å²) in [5.74, 6) is -2.24. The summed E-state index contributed by atoms with van der Waals surface area (Å²) in [4.78, 5) is 35.2. The summed E-state index contributed by atoms with van der Waals surface area (Å²) >= 11 is 0. The van der Waals surface area contributed by atoms with Crippen LogP contribution in [-0.4, -0.2) is 31.6 Å². The standard InChI is InChI=1S/C14H17NO6/c1-4-7-21-13(17)11(9(2)16)12(15-14(18)19-3)10-6-5-8-20-10/h4-6,8,11-12H,1,7H2,2-3H3,(H,15,18)/t11?,12-/m0/s1. The number of amides is 1. The molecular formula is C14H17NO6. The highest BCUT2D eigenvalue weighted by Gasteiger charge is 2.37. The molecule has 0 aromatic carbocycles. The number of esters is 1. The molecule has 0 aliphatic rings. The number of methoxy groups -OCH3 is 1. The molecule has 0 fully saturated rings. The van der Waals surface area contributed by atoms with E-state index in [0.717, 1.165) is 0 Å². The summed E-state index contributed by atoms with van der Waals surface area (Å²) in [5, 5.41) is 2.41. The van der Waals surface area contributed by atoms with Crippen LogP contribution in [0.4, 0.5) is 4.79 Å². The summed E-state index contributed by atoms with van der Waals surface area (Å²) in [7, 11) is 1.17. The predicted molar refractivity (Wildman–Crippen MR) is 72.3 cm³/mol. The monoisotopic (exact) mass is 295 g/mol. The number of ether oxygens (including phenoxy) is 2. The minimum Gasteiger partial charge on any atom is -0.467 e. The van der Waals surface area contributed by atoms with Crippen LogP contribution in [0.2, 0.25) is 0 Å². The normalized spacial score (nSPS) is 12.9. The Morgan fingerprint density at radius 2 is 2.19 bits per heavy atom. The molecule has 7 nitrogen and oxygen atoms in total. The van der Waals surface area contributed by atoms with Crippen molar-refractivity contribution in [1.29, 1.82) is 0 Å². The number of rotatable bonds is 7. The van der Waals surface area contributed by atoms with E-state index in [9.17, 15) is 14.4 Å². The van der Waals surface area contributed by atoms with E-state index in [2.05, 4.69) is 16.6 Å². The molecule has 1 amide bonds. The van der Waals surface area contributed by atoms with Gasteiger partial charge in [0.15, 0.2) is 0 Å². The molecule has 7 heteroatoms. The van der Waals surface area contributed by atoms with Gasteiger partial charge in [-0.1, -0.05) is 12.7 Å². The van der Waals surface area contributed by atoms with Crippen molar-refractivity contribution in [3.05, 3.63) is 36.8 Å². The summed E-state index contributed by atoms with van der Waals surface area (Å²) in [6.45, 7) is 4.62. The Kier molecular flexibility index (Phi) is 6.19. The lowest BCUT2D eigenvalue weighted by Gasteiger charge is -2.22. The molecule has 1 aromatic heterocycles. The van der Waals surface area contributed by atoms with Gasteiger partial charge in [-0.15, -0.1) is 0 Å². The van der Waals surface area contributed by atoms with Crippen LogP contribution in [0.3, 0.4) is 0 Å². The molecule has 0 bridgehead atoms. The fourth-order valence-corrected chi connectivity index (χ4v) is 1.74. The first-order valence-electron chi connectivity index (χ1n) is 6.17. The van der Waals surface area contributed by atoms with Crippen LogP contribution in [0.5, 0.6) is 0 Å². The summed E-state index contributed by atoms with van der Waals surface area (Å²) in [5.41, 5.74) is 0. The van der Waals surface area contributed by atoms with Crippen LogP contribution in [0.15, 0.2) is 35.5 Å². The minimum atomic E-state index is -1.24. The molecule has 1 heterocycles. The molecule has 0 radical (unpaired) electrons. The Morgan fingerprint density at radius 1 is 1.48 bits per heavy atom. The number of hydrogen-bond acceptors (Lipinski definition) is 6. The lowest BCUT2D eigenvalue weighted by Crippen LogP contribution is -2.40. The van der Waals surface area contributed by atoms with Gasteiger partial charge in [0.2, 0.25) is 0 Å². The van der Waals surface area contributed by atoms with Gasteiger partial charge in [0.1, 0.15) is 30.1 Å². The van der Waals surface area contributed by atoms with Crippen molar-refractivity contribution < 1.29 is 28.3 Å². The summed E-state index contributed by atoms with van der Waals surface area (Å²) in [6, 6.07) is 2.10. The van der Waals surface area contributed by atoms with Crippen LogP contribution in [0, 0.1) is 5.92 Å². The highest BCUT2D eigenvalue weighted by Crippen LogP contribution is 2.25. The van der Waals surface area contributed by atoms with E-state index in [0.29, 0.717) is 0 Å². The van der Waals surface area contributed by atoms with Crippen LogP contribution >= 0.6 is 0 Å². The Balaban J connectivity index is 3.06.